The maximum absolute atomic E-state index is 12.4. The predicted molar refractivity (Wildman–Crippen MR) is 191 cm³/mol. The molecule has 44 heavy (non-hydrogen) atoms. The van der Waals surface area contributed by atoms with Crippen LogP contribution in [-0.4, -0.2) is 36.5 Å². The number of nitrogens with zero attached hydrogens (tertiary/aromatic N) is 1. The van der Waals surface area contributed by atoms with E-state index in [-0.39, 0.29) is 29.0 Å². The highest BCUT2D eigenvalue weighted by Gasteiger charge is 2.20. The number of hydrogen-bond acceptors (Lipinski definition) is 4. The van der Waals surface area contributed by atoms with Crippen LogP contribution in [0, 0.1) is 0 Å². The lowest BCUT2D eigenvalue weighted by atomic mass is 10.0. The van der Waals surface area contributed by atoms with Crippen molar-refractivity contribution in [1.82, 2.24) is 4.57 Å². The summed E-state index contributed by atoms with van der Waals surface area (Å²) < 4.78 is 13.9. The molecule has 0 fully saturated rings. The van der Waals surface area contributed by atoms with Gasteiger partial charge in [-0.2, -0.15) is 0 Å². The summed E-state index contributed by atoms with van der Waals surface area (Å²) >= 11 is 0. The monoisotopic (exact) mass is 638 g/mol. The van der Waals surface area contributed by atoms with Gasteiger partial charge in [-0.05, 0) is 25.7 Å². The quantitative estimate of drug-likeness (QED) is 0.0686. The van der Waals surface area contributed by atoms with E-state index in [1.54, 1.807) is 0 Å². The Morgan fingerprint density at radius 1 is 0.636 bits per heavy atom. The Hall–Kier alpha value is -1.27. The first-order chi connectivity index (χ1) is 21.6. The number of unbranched alkanes of at least 4 members (excludes halogenated alkanes) is 25. The fourth-order valence-corrected chi connectivity index (χ4v) is 7.09. The van der Waals surface area contributed by atoms with Crippen LogP contribution >= 0.6 is 0 Å². The van der Waals surface area contributed by atoms with Crippen molar-refractivity contribution in [2.24, 2.45) is 0 Å². The third-order valence-electron chi connectivity index (χ3n) is 8.95. The van der Waals surface area contributed by atoms with E-state index in [0.29, 0.717) is 0 Å². The average Bonchev–Trinajstić information content (AvgIpc) is 3.32. The van der Waals surface area contributed by atoms with E-state index < -0.39 is 10.8 Å². The number of aromatic hydroxyl groups is 2. The van der Waals surface area contributed by atoms with Crippen molar-refractivity contribution in [3.8, 4) is 11.8 Å². The van der Waals surface area contributed by atoms with Crippen LogP contribution in [0.5, 0.6) is 11.8 Å². The Balaban J connectivity index is 2.31. The van der Waals surface area contributed by atoms with Gasteiger partial charge in [-0.3, -0.25) is 8.78 Å². The standard InChI is InChI=1S/C38H71NO4S/c1-3-5-7-9-11-13-14-15-16-17-18-19-20-21-22-23-25-27-29-31-35(30-28-26-24-12-10-8-6-4-2)39-37(41)34-36(38(39)42)44(43)33-32-40/h31,34,40-42H,3-30,32-33H2,1-2H3. The van der Waals surface area contributed by atoms with Gasteiger partial charge < -0.3 is 15.3 Å². The Bertz CT molecular complexity index is 850. The van der Waals surface area contributed by atoms with Crippen molar-refractivity contribution in [2.75, 3.05) is 12.4 Å². The summed E-state index contributed by atoms with van der Waals surface area (Å²) in [6.45, 7) is 4.30. The number of allylic oxidation sites excluding steroid dienone is 2. The second-order valence-corrected chi connectivity index (χ2v) is 14.6. The number of aliphatic hydroxyl groups is 1. The first kappa shape index (κ1) is 40.8. The number of aromatic nitrogens is 1. The van der Waals surface area contributed by atoms with Crippen LogP contribution in [0.25, 0.3) is 5.70 Å². The number of rotatable bonds is 32. The minimum absolute atomic E-state index is 0.0490. The van der Waals surface area contributed by atoms with E-state index in [9.17, 15) is 19.5 Å². The van der Waals surface area contributed by atoms with Gasteiger partial charge in [0.1, 0.15) is 4.90 Å². The zero-order valence-corrected chi connectivity index (χ0v) is 29.8. The molecule has 3 N–H and O–H groups in total. The molecule has 1 heterocycles. The molecule has 1 aromatic rings. The summed E-state index contributed by atoms with van der Waals surface area (Å²) in [6, 6.07) is 1.39. The van der Waals surface area contributed by atoms with Crippen molar-refractivity contribution < 1.29 is 19.5 Å². The molecule has 1 rings (SSSR count). The second-order valence-electron chi connectivity index (χ2n) is 13.0. The zero-order chi connectivity index (χ0) is 32.1. The molecule has 0 aliphatic heterocycles. The molecule has 0 saturated heterocycles. The molecule has 0 spiro atoms. The largest absolute Gasteiger partial charge is 0.494 e. The molecule has 0 aliphatic carbocycles. The van der Waals surface area contributed by atoms with Crippen LogP contribution in [-0.2, 0) is 10.8 Å². The van der Waals surface area contributed by atoms with Gasteiger partial charge in [0.2, 0.25) is 5.88 Å². The summed E-state index contributed by atoms with van der Waals surface area (Å²) in [5.41, 5.74) is 0.894. The lowest BCUT2D eigenvalue weighted by Crippen LogP contribution is -2.02. The molecule has 0 radical (unpaired) electrons. The Kier molecular flexibility index (Phi) is 27.0. The van der Waals surface area contributed by atoms with Crippen LogP contribution in [0.15, 0.2) is 17.0 Å². The van der Waals surface area contributed by atoms with Crippen molar-refractivity contribution in [3.05, 3.63) is 12.1 Å². The predicted octanol–water partition coefficient (Wildman–Crippen LogP) is 11.8. The first-order valence-corrected chi connectivity index (χ1v) is 20.2. The maximum atomic E-state index is 12.4. The van der Waals surface area contributed by atoms with Crippen LogP contribution < -0.4 is 0 Å². The summed E-state index contributed by atoms with van der Waals surface area (Å²) in [4.78, 5) is 0.201. The number of hydrogen-bond donors (Lipinski definition) is 3. The normalized spacial score (nSPS) is 12.8. The van der Waals surface area contributed by atoms with E-state index in [1.165, 1.54) is 158 Å². The maximum Gasteiger partial charge on any atom is 0.215 e. The lowest BCUT2D eigenvalue weighted by Gasteiger charge is -2.13. The van der Waals surface area contributed by atoms with E-state index in [2.05, 4.69) is 19.9 Å². The molecule has 5 nitrogen and oxygen atoms in total. The zero-order valence-electron chi connectivity index (χ0n) is 29.0. The van der Waals surface area contributed by atoms with E-state index >= 15 is 0 Å². The highest BCUT2D eigenvalue weighted by molar-refractivity contribution is 7.85. The summed E-state index contributed by atoms with van der Waals surface area (Å²) in [5, 5.41) is 30.7. The molecule has 1 unspecified atom stereocenters. The average molecular weight is 638 g/mol. The van der Waals surface area contributed by atoms with Gasteiger partial charge in [-0.1, -0.05) is 174 Å². The molecule has 1 atom stereocenters. The molecule has 1 aromatic heterocycles. The summed E-state index contributed by atoms with van der Waals surface area (Å²) in [5.74, 6) is -0.182. The minimum atomic E-state index is -1.54. The van der Waals surface area contributed by atoms with Crippen LogP contribution in [0.1, 0.15) is 194 Å². The van der Waals surface area contributed by atoms with Crippen molar-refractivity contribution >= 4 is 16.5 Å². The Labute approximate surface area is 274 Å². The van der Waals surface area contributed by atoms with E-state index in [4.69, 9.17) is 0 Å². The molecule has 258 valence electrons. The summed E-state index contributed by atoms with van der Waals surface area (Å²) in [7, 11) is -1.54. The van der Waals surface area contributed by atoms with Crippen LogP contribution in [0.4, 0.5) is 0 Å². The van der Waals surface area contributed by atoms with E-state index in [0.717, 1.165) is 37.8 Å². The highest BCUT2D eigenvalue weighted by Crippen LogP contribution is 2.35. The molecule has 6 heteroatoms. The van der Waals surface area contributed by atoms with Gasteiger partial charge in [-0.25, -0.2) is 0 Å². The second kappa shape index (κ2) is 29.2. The fourth-order valence-electron chi connectivity index (χ4n) is 6.17. The lowest BCUT2D eigenvalue weighted by molar-refractivity contribution is 0.321. The molecule has 0 saturated carbocycles. The number of aliphatic hydroxyl groups excluding tert-OH is 1. The van der Waals surface area contributed by atoms with E-state index in [1.807, 2.05) is 0 Å². The van der Waals surface area contributed by atoms with Crippen molar-refractivity contribution in [3.63, 3.8) is 0 Å². The molecular formula is C38H71NO4S. The van der Waals surface area contributed by atoms with Crippen molar-refractivity contribution in [2.45, 2.75) is 199 Å². The minimum Gasteiger partial charge on any atom is -0.494 e. The first-order valence-electron chi connectivity index (χ1n) is 18.9. The fraction of sp³-hybridized carbons (Fsp3) is 0.842. The van der Waals surface area contributed by atoms with Gasteiger partial charge in [0.05, 0.1) is 23.2 Å². The van der Waals surface area contributed by atoms with Gasteiger partial charge in [-0.15, -0.1) is 0 Å². The SMILES string of the molecule is CCCCCCCCCCCCCCCCCCCCC=C(CCCCCCCCCC)n1c(O)cc(S(=O)CCO)c1O. The van der Waals surface area contributed by atoms with Gasteiger partial charge in [0, 0.05) is 11.8 Å². The molecular weight excluding hydrogens is 566 g/mol. The van der Waals surface area contributed by atoms with Crippen LogP contribution in [0.3, 0.4) is 0 Å². The smallest absolute Gasteiger partial charge is 0.215 e. The topological polar surface area (TPSA) is 82.7 Å². The summed E-state index contributed by atoms with van der Waals surface area (Å²) in [6.07, 6.45) is 38.2. The molecule has 0 amide bonds. The van der Waals surface area contributed by atoms with Crippen LogP contribution in [0.2, 0.25) is 0 Å². The molecule has 0 aromatic carbocycles. The Morgan fingerprint density at radius 3 is 1.43 bits per heavy atom. The third kappa shape index (κ3) is 20.0. The van der Waals surface area contributed by atoms with Gasteiger partial charge in [0.15, 0.2) is 5.88 Å². The van der Waals surface area contributed by atoms with Gasteiger partial charge >= 0.3 is 0 Å². The van der Waals surface area contributed by atoms with Crippen molar-refractivity contribution in [1.29, 1.82) is 0 Å². The Morgan fingerprint density at radius 2 is 1.02 bits per heavy atom. The molecule has 0 bridgehead atoms. The molecule has 0 aliphatic rings. The highest BCUT2D eigenvalue weighted by atomic mass is 32.2. The third-order valence-corrected chi connectivity index (χ3v) is 10.3. The van der Waals surface area contributed by atoms with Gasteiger partial charge in [0.25, 0.3) is 0 Å².